The highest BCUT2D eigenvalue weighted by Crippen LogP contribution is 2.13. The second-order valence-corrected chi connectivity index (χ2v) is 4.85. The average Bonchev–Trinajstić information content (AvgIpc) is 2.64. The third-order valence-electron chi connectivity index (χ3n) is 2.52. The number of aryl methyl sites for hydroxylation is 2. The summed E-state index contributed by atoms with van der Waals surface area (Å²) in [6, 6.07) is 0. The largest absolute Gasteiger partial charge is 0.390 e. The Morgan fingerprint density at radius 1 is 1.44 bits per heavy atom. The molecule has 4 nitrogen and oxygen atoms in total. The molecule has 1 heterocycles. The first-order chi connectivity index (χ1) is 8.01. The van der Waals surface area contributed by atoms with E-state index in [1.165, 1.54) is 0 Å². The minimum Gasteiger partial charge on any atom is -0.390 e. The SMILES string of the molecule is [2H]CCc1cn(CCCCCC(C)(C)O)nn1. The van der Waals surface area contributed by atoms with Crippen LogP contribution in [0.3, 0.4) is 0 Å². The minimum atomic E-state index is -0.547. The first-order valence-electron chi connectivity index (χ1n) is 6.62. The van der Waals surface area contributed by atoms with Crippen molar-refractivity contribution < 1.29 is 6.48 Å². The van der Waals surface area contributed by atoms with E-state index in [2.05, 4.69) is 10.3 Å². The van der Waals surface area contributed by atoms with Crippen molar-refractivity contribution in [3.63, 3.8) is 0 Å². The molecule has 92 valence electrons. The lowest BCUT2D eigenvalue weighted by molar-refractivity contribution is 0.0679. The molecule has 0 unspecified atom stereocenters. The number of rotatable bonds is 7. The van der Waals surface area contributed by atoms with E-state index >= 15 is 0 Å². The van der Waals surface area contributed by atoms with Crippen LogP contribution in [0.4, 0.5) is 0 Å². The van der Waals surface area contributed by atoms with E-state index in [1.54, 1.807) is 0 Å². The minimum absolute atomic E-state index is 0.365. The molecule has 0 fully saturated rings. The molecule has 0 amide bonds. The van der Waals surface area contributed by atoms with Crippen molar-refractivity contribution in [3.05, 3.63) is 11.9 Å². The van der Waals surface area contributed by atoms with Crippen LogP contribution in [0.1, 0.15) is 53.5 Å². The Bertz CT molecular complexity index is 320. The number of hydrogen-bond acceptors (Lipinski definition) is 3. The normalized spacial score (nSPS) is 12.8. The number of aliphatic hydroxyl groups is 1. The Balaban J connectivity index is 2.13. The molecule has 0 spiro atoms. The molecule has 1 aromatic rings. The van der Waals surface area contributed by atoms with E-state index in [0.29, 0.717) is 13.3 Å². The molecule has 1 rings (SSSR count). The highest BCUT2D eigenvalue weighted by Gasteiger charge is 2.10. The average molecular weight is 226 g/mol. The van der Waals surface area contributed by atoms with E-state index in [4.69, 9.17) is 1.37 Å². The molecule has 16 heavy (non-hydrogen) atoms. The molecule has 1 N–H and O–H groups in total. The summed E-state index contributed by atoms with van der Waals surface area (Å²) in [5.74, 6) is 0. The zero-order chi connectivity index (χ0) is 12.7. The van der Waals surface area contributed by atoms with Gasteiger partial charge in [0, 0.05) is 14.1 Å². The molecule has 0 saturated heterocycles. The van der Waals surface area contributed by atoms with Gasteiger partial charge >= 0.3 is 0 Å². The van der Waals surface area contributed by atoms with Gasteiger partial charge in [-0.3, -0.25) is 4.68 Å². The predicted molar refractivity (Wildman–Crippen MR) is 64.2 cm³/mol. The summed E-state index contributed by atoms with van der Waals surface area (Å²) < 4.78 is 8.94. The smallest absolute Gasteiger partial charge is 0.0824 e. The van der Waals surface area contributed by atoms with Gasteiger partial charge in [0.15, 0.2) is 0 Å². The fourth-order valence-electron chi connectivity index (χ4n) is 1.57. The van der Waals surface area contributed by atoms with Gasteiger partial charge < -0.3 is 5.11 Å². The van der Waals surface area contributed by atoms with Crippen molar-refractivity contribution in [2.45, 2.75) is 65.0 Å². The summed E-state index contributed by atoms with van der Waals surface area (Å²) in [7, 11) is 0. The maximum atomic E-state index is 9.55. The molecule has 0 aliphatic heterocycles. The zero-order valence-corrected chi connectivity index (χ0v) is 10.3. The third kappa shape index (κ3) is 5.26. The molecule has 0 aliphatic carbocycles. The van der Waals surface area contributed by atoms with Crippen molar-refractivity contribution in [2.75, 3.05) is 0 Å². The van der Waals surface area contributed by atoms with Gasteiger partial charge in [-0.05, 0) is 33.1 Å². The summed E-state index contributed by atoms with van der Waals surface area (Å²) in [5, 5.41) is 17.6. The summed E-state index contributed by atoms with van der Waals surface area (Å²) >= 11 is 0. The Morgan fingerprint density at radius 3 is 2.94 bits per heavy atom. The standard InChI is InChI=1S/C12H23N3O/c1-4-11-10-15(14-13-11)9-7-5-6-8-12(2,3)16/h10,16H,4-9H2,1-3H3/i1D. The monoisotopic (exact) mass is 226 g/mol. The first kappa shape index (κ1) is 11.6. The fourth-order valence-corrected chi connectivity index (χ4v) is 1.57. The second kappa shape index (κ2) is 5.99. The van der Waals surface area contributed by atoms with Crippen LogP contribution >= 0.6 is 0 Å². The number of nitrogens with zero attached hydrogens (tertiary/aromatic N) is 3. The van der Waals surface area contributed by atoms with Gasteiger partial charge in [0.2, 0.25) is 0 Å². The zero-order valence-electron chi connectivity index (χ0n) is 11.3. The van der Waals surface area contributed by atoms with E-state index in [9.17, 15) is 5.11 Å². The van der Waals surface area contributed by atoms with Gasteiger partial charge in [0.05, 0.1) is 11.3 Å². The highest BCUT2D eigenvalue weighted by atomic mass is 16.3. The summed E-state index contributed by atoms with van der Waals surface area (Å²) in [6.07, 6.45) is 6.63. The van der Waals surface area contributed by atoms with Gasteiger partial charge in [-0.2, -0.15) is 0 Å². The first-order valence-corrected chi connectivity index (χ1v) is 5.92. The van der Waals surface area contributed by atoms with Crippen LogP contribution in [0, 0.1) is 0 Å². The van der Waals surface area contributed by atoms with Crippen LogP contribution in [-0.4, -0.2) is 25.7 Å². The Morgan fingerprint density at radius 2 is 2.25 bits per heavy atom. The van der Waals surface area contributed by atoms with Crippen molar-refractivity contribution in [1.82, 2.24) is 15.0 Å². The Labute approximate surface area is 99.1 Å². The second-order valence-electron chi connectivity index (χ2n) is 4.85. The third-order valence-corrected chi connectivity index (χ3v) is 2.52. The van der Waals surface area contributed by atoms with Crippen molar-refractivity contribution in [2.24, 2.45) is 0 Å². The lowest BCUT2D eigenvalue weighted by atomic mass is 10.0. The molecule has 0 atom stereocenters. The van der Waals surface area contributed by atoms with Gasteiger partial charge in [-0.1, -0.05) is 25.0 Å². The lowest BCUT2D eigenvalue weighted by Crippen LogP contribution is -2.17. The van der Waals surface area contributed by atoms with Crippen LogP contribution in [-0.2, 0) is 13.0 Å². The van der Waals surface area contributed by atoms with Gasteiger partial charge in [-0.25, -0.2) is 0 Å². The van der Waals surface area contributed by atoms with Crippen LogP contribution in [0.2, 0.25) is 0 Å². The molecular formula is C12H23N3O. The Kier molecular flexibility index (Phi) is 4.34. The van der Waals surface area contributed by atoms with Crippen LogP contribution in [0.5, 0.6) is 0 Å². The molecular weight excluding hydrogens is 202 g/mol. The van der Waals surface area contributed by atoms with Gasteiger partial charge in [0.1, 0.15) is 0 Å². The van der Waals surface area contributed by atoms with Gasteiger partial charge in [-0.15, -0.1) is 5.10 Å². The number of unbranched alkanes of at least 4 members (excludes halogenated alkanes) is 2. The summed E-state index contributed by atoms with van der Waals surface area (Å²) in [6.45, 7) is 4.93. The predicted octanol–water partition coefficient (Wildman–Crippen LogP) is 2.17. The summed E-state index contributed by atoms with van der Waals surface area (Å²) in [5.41, 5.74) is 0.352. The molecule has 4 heteroatoms. The molecule has 0 saturated carbocycles. The van der Waals surface area contributed by atoms with Crippen molar-refractivity contribution in [1.29, 1.82) is 0 Å². The van der Waals surface area contributed by atoms with E-state index in [1.807, 2.05) is 24.7 Å². The molecule has 0 bridgehead atoms. The van der Waals surface area contributed by atoms with Crippen LogP contribution in [0.25, 0.3) is 0 Å². The topological polar surface area (TPSA) is 50.9 Å². The van der Waals surface area contributed by atoms with Gasteiger partial charge in [0.25, 0.3) is 0 Å². The lowest BCUT2D eigenvalue weighted by Gasteiger charge is -2.16. The van der Waals surface area contributed by atoms with Crippen LogP contribution in [0.15, 0.2) is 6.20 Å². The molecule has 0 radical (unpaired) electrons. The van der Waals surface area contributed by atoms with Crippen LogP contribution < -0.4 is 0 Å². The van der Waals surface area contributed by atoms with E-state index in [0.717, 1.165) is 37.9 Å². The van der Waals surface area contributed by atoms with E-state index in [-0.39, 0.29) is 0 Å². The molecule has 1 aromatic heterocycles. The maximum Gasteiger partial charge on any atom is 0.0824 e. The quantitative estimate of drug-likeness (QED) is 0.725. The maximum absolute atomic E-state index is 9.55. The molecule has 0 aliphatic rings. The van der Waals surface area contributed by atoms with Crippen molar-refractivity contribution in [3.8, 4) is 0 Å². The summed E-state index contributed by atoms with van der Waals surface area (Å²) in [4.78, 5) is 0. The fraction of sp³-hybridized carbons (Fsp3) is 0.833. The van der Waals surface area contributed by atoms with Crippen molar-refractivity contribution >= 4 is 0 Å². The number of hydrogen-bond donors (Lipinski definition) is 1. The molecule has 0 aromatic carbocycles. The number of aromatic nitrogens is 3. The highest BCUT2D eigenvalue weighted by molar-refractivity contribution is 4.90. The Hall–Kier alpha value is -0.900. The van der Waals surface area contributed by atoms with E-state index < -0.39 is 5.60 Å².